The lowest BCUT2D eigenvalue weighted by molar-refractivity contribution is 0.102. The molecule has 2 aromatic heterocycles. The number of hydrogen-bond donors (Lipinski definition) is 0. The predicted octanol–water partition coefficient (Wildman–Crippen LogP) is 5.73. The van der Waals surface area contributed by atoms with E-state index in [2.05, 4.69) is 4.98 Å². The highest BCUT2D eigenvalue weighted by atomic mass is 19.1. The average molecular weight is 425 g/mol. The van der Waals surface area contributed by atoms with E-state index in [1.54, 1.807) is 6.07 Å². The molecule has 0 fully saturated rings. The van der Waals surface area contributed by atoms with E-state index in [0.717, 1.165) is 16.6 Å². The maximum absolute atomic E-state index is 13.7. The Kier molecular flexibility index (Phi) is 4.90. The lowest BCUT2D eigenvalue weighted by Gasteiger charge is -2.07. The molecule has 0 radical (unpaired) electrons. The Bertz CT molecular complexity index is 1470. The Hall–Kier alpha value is -4.06. The Morgan fingerprint density at radius 3 is 2.56 bits per heavy atom. The molecule has 0 aliphatic rings. The molecule has 0 atom stereocenters. The highest BCUT2D eigenvalue weighted by Gasteiger charge is 2.22. The van der Waals surface area contributed by atoms with Gasteiger partial charge in [-0.2, -0.15) is 0 Å². The maximum Gasteiger partial charge on any atom is 0.228 e. The Morgan fingerprint density at radius 2 is 1.75 bits per heavy atom. The van der Waals surface area contributed by atoms with Gasteiger partial charge in [0.1, 0.15) is 17.3 Å². The summed E-state index contributed by atoms with van der Waals surface area (Å²) in [5.74, 6) is 0.634. The third kappa shape index (κ3) is 3.50. The molecule has 0 N–H and O–H groups in total. The van der Waals surface area contributed by atoms with Crippen molar-refractivity contribution in [2.45, 2.75) is 20.4 Å². The van der Waals surface area contributed by atoms with Gasteiger partial charge in [0.05, 0.1) is 17.6 Å². The number of carbonyl (C=O) groups is 1. The summed E-state index contributed by atoms with van der Waals surface area (Å²) in [7, 11) is 0. The van der Waals surface area contributed by atoms with Crippen molar-refractivity contribution >= 4 is 16.8 Å². The van der Waals surface area contributed by atoms with E-state index in [1.165, 1.54) is 18.2 Å². The number of aromatic nitrogens is 3. The zero-order chi connectivity index (χ0) is 22.2. The molecule has 5 nitrogen and oxygen atoms in total. The average Bonchev–Trinajstić information content (AvgIpc) is 3.34. The van der Waals surface area contributed by atoms with E-state index in [4.69, 9.17) is 9.40 Å². The molecule has 0 saturated carbocycles. The van der Waals surface area contributed by atoms with Crippen LogP contribution in [0.1, 0.15) is 33.2 Å². The first kappa shape index (κ1) is 19.9. The minimum Gasteiger partial charge on any atom is -0.441 e. The Labute approximate surface area is 184 Å². The first-order valence-electron chi connectivity index (χ1n) is 10.3. The molecule has 0 unspecified atom stereocenters. The van der Waals surface area contributed by atoms with E-state index in [1.807, 2.05) is 66.9 Å². The van der Waals surface area contributed by atoms with Crippen molar-refractivity contribution in [2.24, 2.45) is 0 Å². The molecule has 32 heavy (non-hydrogen) atoms. The van der Waals surface area contributed by atoms with Crippen LogP contribution in [0.3, 0.4) is 0 Å². The second-order valence-corrected chi connectivity index (χ2v) is 7.69. The maximum atomic E-state index is 13.7. The van der Waals surface area contributed by atoms with Crippen LogP contribution in [-0.2, 0) is 6.54 Å². The van der Waals surface area contributed by atoms with Gasteiger partial charge in [-0.15, -0.1) is 0 Å². The predicted molar refractivity (Wildman–Crippen MR) is 120 cm³/mol. The van der Waals surface area contributed by atoms with Gasteiger partial charge in [-0.05, 0) is 49.7 Å². The highest BCUT2D eigenvalue weighted by Crippen LogP contribution is 2.27. The van der Waals surface area contributed by atoms with Crippen LogP contribution >= 0.6 is 0 Å². The van der Waals surface area contributed by atoms with Crippen molar-refractivity contribution in [3.8, 4) is 11.5 Å². The van der Waals surface area contributed by atoms with Crippen molar-refractivity contribution in [1.29, 1.82) is 0 Å². The van der Waals surface area contributed by atoms with Crippen LogP contribution < -0.4 is 0 Å². The number of halogens is 1. The first-order chi connectivity index (χ1) is 15.5. The molecular formula is C26H20FN3O2. The number of para-hydroxylation sites is 2. The molecule has 2 heterocycles. The van der Waals surface area contributed by atoms with Gasteiger partial charge in [0, 0.05) is 11.1 Å². The Morgan fingerprint density at radius 1 is 0.969 bits per heavy atom. The number of nitrogens with zero attached hydrogens (tertiary/aromatic N) is 3. The Balaban J connectivity index is 1.60. The van der Waals surface area contributed by atoms with Gasteiger partial charge in [0.25, 0.3) is 0 Å². The fourth-order valence-corrected chi connectivity index (χ4v) is 3.82. The molecular weight excluding hydrogens is 405 g/mol. The number of rotatable bonds is 5. The molecule has 6 heteroatoms. The number of imidazole rings is 1. The van der Waals surface area contributed by atoms with E-state index in [9.17, 15) is 9.18 Å². The summed E-state index contributed by atoms with van der Waals surface area (Å²) in [5, 5.41) is 0. The SMILES string of the molecule is Cc1ccccc1-c1nc(Cn2c(C(=O)c3cccc(F)c3)nc3ccccc32)c(C)o1. The third-order valence-corrected chi connectivity index (χ3v) is 5.52. The molecule has 0 amide bonds. The monoisotopic (exact) mass is 425 g/mol. The van der Waals surface area contributed by atoms with Gasteiger partial charge in [0.15, 0.2) is 5.82 Å². The van der Waals surface area contributed by atoms with Gasteiger partial charge in [-0.3, -0.25) is 4.79 Å². The lowest BCUT2D eigenvalue weighted by Crippen LogP contribution is -2.13. The highest BCUT2D eigenvalue weighted by molar-refractivity contribution is 6.08. The number of benzene rings is 3. The summed E-state index contributed by atoms with van der Waals surface area (Å²) in [4.78, 5) is 22.5. The molecule has 5 rings (SSSR count). The van der Waals surface area contributed by atoms with Gasteiger partial charge in [-0.25, -0.2) is 14.4 Å². The van der Waals surface area contributed by atoms with Crippen LogP contribution in [0.15, 0.2) is 77.2 Å². The van der Waals surface area contributed by atoms with Crippen LogP contribution in [0, 0.1) is 19.7 Å². The second-order valence-electron chi connectivity index (χ2n) is 7.69. The molecule has 3 aromatic carbocycles. The molecule has 0 spiro atoms. The molecule has 0 bridgehead atoms. The topological polar surface area (TPSA) is 60.9 Å². The number of carbonyl (C=O) groups excluding carboxylic acids is 1. The van der Waals surface area contributed by atoms with Gasteiger partial charge in [0.2, 0.25) is 11.7 Å². The number of ketones is 1. The second kappa shape index (κ2) is 7.89. The molecule has 0 aliphatic heterocycles. The minimum atomic E-state index is -0.464. The van der Waals surface area contributed by atoms with E-state index in [0.29, 0.717) is 29.4 Å². The quantitative estimate of drug-likeness (QED) is 0.338. The van der Waals surface area contributed by atoms with Gasteiger partial charge >= 0.3 is 0 Å². The number of fused-ring (bicyclic) bond motifs is 1. The van der Waals surface area contributed by atoms with E-state index in [-0.39, 0.29) is 17.2 Å². The summed E-state index contributed by atoms with van der Waals surface area (Å²) in [6.07, 6.45) is 0. The third-order valence-electron chi connectivity index (χ3n) is 5.52. The number of hydrogen-bond acceptors (Lipinski definition) is 4. The van der Waals surface area contributed by atoms with Crippen molar-refractivity contribution in [3.63, 3.8) is 0 Å². The largest absolute Gasteiger partial charge is 0.441 e. The molecule has 0 aliphatic carbocycles. The lowest BCUT2D eigenvalue weighted by atomic mass is 10.1. The van der Waals surface area contributed by atoms with Crippen LogP contribution in [0.4, 0.5) is 4.39 Å². The molecule has 0 saturated heterocycles. The summed E-state index contributed by atoms with van der Waals surface area (Å²) >= 11 is 0. The molecule has 5 aromatic rings. The van der Waals surface area contributed by atoms with E-state index >= 15 is 0 Å². The smallest absolute Gasteiger partial charge is 0.228 e. The fraction of sp³-hybridized carbons (Fsp3) is 0.115. The van der Waals surface area contributed by atoms with E-state index < -0.39 is 5.82 Å². The summed E-state index contributed by atoms with van der Waals surface area (Å²) in [6, 6.07) is 21.1. The first-order valence-corrected chi connectivity index (χ1v) is 10.3. The summed E-state index contributed by atoms with van der Waals surface area (Å²) < 4.78 is 21.5. The summed E-state index contributed by atoms with van der Waals surface area (Å²) in [6.45, 7) is 4.17. The van der Waals surface area contributed by atoms with Crippen LogP contribution in [0.5, 0.6) is 0 Å². The van der Waals surface area contributed by atoms with Crippen LogP contribution in [0.2, 0.25) is 0 Å². The molecule has 158 valence electrons. The van der Waals surface area contributed by atoms with Crippen molar-refractivity contribution < 1.29 is 13.6 Å². The van der Waals surface area contributed by atoms with Crippen LogP contribution in [0.25, 0.3) is 22.5 Å². The zero-order valence-corrected chi connectivity index (χ0v) is 17.7. The van der Waals surface area contributed by atoms with Gasteiger partial charge < -0.3 is 8.98 Å². The summed E-state index contributed by atoms with van der Waals surface area (Å²) in [5.41, 5.74) is 4.43. The van der Waals surface area contributed by atoms with Crippen LogP contribution in [-0.4, -0.2) is 20.3 Å². The zero-order valence-electron chi connectivity index (χ0n) is 17.7. The van der Waals surface area contributed by atoms with Crippen molar-refractivity contribution in [2.75, 3.05) is 0 Å². The standard InChI is InChI=1S/C26H20FN3O2/c1-16-8-3-4-11-20(16)26-29-22(17(2)32-26)15-30-23-13-6-5-12-21(23)28-25(30)24(31)18-9-7-10-19(27)14-18/h3-14H,15H2,1-2H3. The fourth-order valence-electron chi connectivity index (χ4n) is 3.82. The van der Waals surface area contributed by atoms with Crippen molar-refractivity contribution in [3.05, 3.63) is 107 Å². The van der Waals surface area contributed by atoms with Crippen molar-refractivity contribution in [1.82, 2.24) is 14.5 Å². The number of aryl methyl sites for hydroxylation is 2. The minimum absolute atomic E-state index is 0.233. The normalized spacial score (nSPS) is 11.2. The number of oxazole rings is 1. The van der Waals surface area contributed by atoms with Gasteiger partial charge in [-0.1, -0.05) is 42.5 Å².